The van der Waals surface area contributed by atoms with Crippen molar-refractivity contribution in [1.82, 2.24) is 0 Å². The van der Waals surface area contributed by atoms with E-state index in [1.54, 1.807) is 0 Å². The van der Waals surface area contributed by atoms with Crippen LogP contribution in [0.25, 0.3) is 11.1 Å². The summed E-state index contributed by atoms with van der Waals surface area (Å²) in [6, 6.07) is 46.2. The molecule has 0 saturated carbocycles. The third-order valence-electron chi connectivity index (χ3n) is 7.52. The van der Waals surface area contributed by atoms with Gasteiger partial charge in [-0.25, -0.2) is 0 Å². The quantitative estimate of drug-likeness (QED) is 0.296. The van der Waals surface area contributed by atoms with Crippen molar-refractivity contribution in [3.05, 3.63) is 161 Å². The van der Waals surface area contributed by atoms with Gasteiger partial charge in [0, 0.05) is 11.3 Å². The summed E-state index contributed by atoms with van der Waals surface area (Å²) >= 11 is 0. The van der Waals surface area contributed by atoms with Crippen LogP contribution in [-0.2, 0) is 5.41 Å². The van der Waals surface area contributed by atoms with E-state index in [2.05, 4.69) is 133 Å². The highest BCUT2D eigenvalue weighted by Gasteiger charge is 2.45. The molecular weight excluding hydrogens is 424 g/mol. The number of nitrogens with zero attached hydrogens (tertiary/aromatic N) is 1. The Kier molecular flexibility index (Phi) is 4.46. The van der Waals surface area contributed by atoms with Crippen LogP contribution < -0.4 is 5.32 Å². The maximum atomic E-state index is 4.78. The lowest BCUT2D eigenvalue weighted by Gasteiger charge is -2.34. The van der Waals surface area contributed by atoms with Crippen molar-refractivity contribution in [1.29, 1.82) is 0 Å². The van der Waals surface area contributed by atoms with Crippen LogP contribution in [0.2, 0.25) is 0 Å². The summed E-state index contributed by atoms with van der Waals surface area (Å²) < 4.78 is 0. The van der Waals surface area contributed by atoms with Gasteiger partial charge in [0.25, 0.3) is 0 Å². The molecule has 0 bridgehead atoms. The molecule has 0 radical (unpaired) electrons. The van der Waals surface area contributed by atoms with Gasteiger partial charge in [-0.15, -0.1) is 0 Å². The Hall–Kier alpha value is -4.43. The predicted octanol–water partition coefficient (Wildman–Crippen LogP) is 7.59. The monoisotopic (exact) mass is 448 g/mol. The second-order valence-corrected chi connectivity index (χ2v) is 9.24. The number of fused-ring (bicyclic) bond motifs is 4. The van der Waals surface area contributed by atoms with E-state index >= 15 is 0 Å². The standard InChI is InChI=1S/C33H24N2/c1-2-10-24(11-3-1)33(29-15-7-4-12-26(29)27-13-5-8-16-30(27)33)25-20-18-23(19-21-25)32-28-14-6-9-17-31(28)34-22-35-32/h1-22,32H,(H,34,35). The topological polar surface area (TPSA) is 24.4 Å². The summed E-state index contributed by atoms with van der Waals surface area (Å²) in [5.41, 5.74) is 11.0. The minimum atomic E-state index is -0.359. The van der Waals surface area contributed by atoms with E-state index in [0.717, 1.165) is 5.69 Å². The van der Waals surface area contributed by atoms with E-state index < -0.39 is 0 Å². The molecule has 1 aliphatic carbocycles. The fourth-order valence-corrected chi connectivity index (χ4v) is 6.02. The zero-order valence-corrected chi connectivity index (χ0v) is 19.2. The minimum Gasteiger partial charge on any atom is -0.346 e. The summed E-state index contributed by atoms with van der Waals surface area (Å²) in [6.45, 7) is 0. The first-order chi connectivity index (χ1) is 17.4. The second kappa shape index (κ2) is 7.82. The number of rotatable bonds is 3. The van der Waals surface area contributed by atoms with Crippen LogP contribution in [0.4, 0.5) is 5.69 Å². The van der Waals surface area contributed by atoms with E-state index in [9.17, 15) is 0 Å². The van der Waals surface area contributed by atoms with Crippen LogP contribution in [0.5, 0.6) is 0 Å². The zero-order chi connectivity index (χ0) is 23.2. The van der Waals surface area contributed by atoms with Gasteiger partial charge in [0.2, 0.25) is 0 Å². The van der Waals surface area contributed by atoms with Crippen molar-refractivity contribution in [2.75, 3.05) is 5.32 Å². The largest absolute Gasteiger partial charge is 0.346 e. The molecule has 2 heteroatoms. The number of benzene rings is 5. The molecule has 35 heavy (non-hydrogen) atoms. The molecule has 2 aliphatic rings. The van der Waals surface area contributed by atoms with Crippen molar-refractivity contribution < 1.29 is 0 Å². The SMILES string of the molecule is C1=NC(c2ccc(C3(c4ccccc4)c4ccccc4-c4ccccc43)cc2)c2ccccc2N1. The summed E-state index contributed by atoms with van der Waals surface area (Å²) in [4.78, 5) is 4.78. The average molecular weight is 449 g/mol. The predicted molar refractivity (Wildman–Crippen MR) is 144 cm³/mol. The smallest absolute Gasteiger partial charge is 0.104 e. The lowest BCUT2D eigenvalue weighted by molar-refractivity contribution is 0.765. The molecular formula is C33H24N2. The number of hydrogen-bond donors (Lipinski definition) is 1. The van der Waals surface area contributed by atoms with Crippen molar-refractivity contribution >= 4 is 12.0 Å². The molecule has 1 aliphatic heterocycles. The summed E-state index contributed by atoms with van der Waals surface area (Å²) in [7, 11) is 0. The Labute approximate surface area is 205 Å². The summed E-state index contributed by atoms with van der Waals surface area (Å²) in [5.74, 6) is 0. The molecule has 2 nitrogen and oxygen atoms in total. The lowest BCUT2D eigenvalue weighted by atomic mass is 9.67. The van der Waals surface area contributed by atoms with Crippen LogP contribution >= 0.6 is 0 Å². The molecule has 1 heterocycles. The van der Waals surface area contributed by atoms with Crippen LogP contribution in [0, 0.1) is 0 Å². The van der Waals surface area contributed by atoms with Crippen LogP contribution in [0.1, 0.15) is 39.4 Å². The molecule has 1 atom stereocenters. The van der Waals surface area contributed by atoms with Crippen LogP contribution in [0.15, 0.2) is 132 Å². The normalized spacial score (nSPS) is 16.6. The highest BCUT2D eigenvalue weighted by Crippen LogP contribution is 2.56. The highest BCUT2D eigenvalue weighted by atomic mass is 15.0. The molecule has 7 rings (SSSR count). The molecule has 0 fully saturated rings. The van der Waals surface area contributed by atoms with E-state index in [1.807, 2.05) is 6.34 Å². The van der Waals surface area contributed by atoms with Crippen LogP contribution in [-0.4, -0.2) is 6.34 Å². The number of aliphatic imine (C=N–C) groups is 1. The first kappa shape index (κ1) is 20.0. The van der Waals surface area contributed by atoms with Gasteiger partial charge < -0.3 is 5.32 Å². The molecule has 166 valence electrons. The number of nitrogens with one attached hydrogen (secondary N) is 1. The third-order valence-corrected chi connectivity index (χ3v) is 7.52. The van der Waals surface area contributed by atoms with Crippen molar-refractivity contribution in [3.63, 3.8) is 0 Å². The number of anilines is 1. The van der Waals surface area contributed by atoms with Gasteiger partial charge in [0.05, 0.1) is 11.8 Å². The van der Waals surface area contributed by atoms with E-state index in [-0.39, 0.29) is 11.5 Å². The van der Waals surface area contributed by atoms with E-state index in [1.165, 1.54) is 44.5 Å². The number of hydrogen-bond acceptors (Lipinski definition) is 2. The van der Waals surface area contributed by atoms with Gasteiger partial charge in [-0.3, -0.25) is 4.99 Å². The lowest BCUT2D eigenvalue weighted by Crippen LogP contribution is -2.28. The Morgan fingerprint density at radius 1 is 0.543 bits per heavy atom. The maximum Gasteiger partial charge on any atom is 0.104 e. The first-order valence-electron chi connectivity index (χ1n) is 12.1. The fraction of sp³-hybridized carbons (Fsp3) is 0.0606. The molecule has 0 aromatic heterocycles. The summed E-state index contributed by atoms with van der Waals surface area (Å²) in [5, 5.41) is 3.28. The molecule has 0 saturated heterocycles. The Morgan fingerprint density at radius 2 is 1.11 bits per heavy atom. The summed E-state index contributed by atoms with van der Waals surface area (Å²) in [6.07, 6.45) is 1.82. The van der Waals surface area contributed by atoms with Gasteiger partial charge in [0.1, 0.15) is 6.04 Å². The molecule has 0 spiro atoms. The van der Waals surface area contributed by atoms with Gasteiger partial charge in [0.15, 0.2) is 0 Å². The molecule has 0 amide bonds. The van der Waals surface area contributed by atoms with Gasteiger partial charge >= 0.3 is 0 Å². The van der Waals surface area contributed by atoms with Gasteiger partial charge in [-0.2, -0.15) is 0 Å². The second-order valence-electron chi connectivity index (χ2n) is 9.24. The van der Waals surface area contributed by atoms with Crippen LogP contribution in [0.3, 0.4) is 0 Å². The average Bonchev–Trinajstić information content (AvgIpc) is 3.25. The van der Waals surface area contributed by atoms with Gasteiger partial charge in [-0.05, 0) is 45.0 Å². The molecule has 5 aromatic rings. The molecule has 5 aromatic carbocycles. The Morgan fingerprint density at radius 3 is 1.83 bits per heavy atom. The fourth-order valence-electron chi connectivity index (χ4n) is 6.02. The van der Waals surface area contributed by atoms with Crippen molar-refractivity contribution in [3.8, 4) is 11.1 Å². The number of para-hydroxylation sites is 1. The Bertz CT molecular complexity index is 1520. The first-order valence-corrected chi connectivity index (χ1v) is 12.1. The van der Waals surface area contributed by atoms with Gasteiger partial charge in [-0.1, -0.05) is 121 Å². The van der Waals surface area contributed by atoms with E-state index in [0.29, 0.717) is 0 Å². The third kappa shape index (κ3) is 2.87. The minimum absolute atomic E-state index is 0.00248. The van der Waals surface area contributed by atoms with Crippen molar-refractivity contribution in [2.45, 2.75) is 11.5 Å². The van der Waals surface area contributed by atoms with Crippen molar-refractivity contribution in [2.24, 2.45) is 4.99 Å². The molecule has 1 unspecified atom stereocenters. The maximum absolute atomic E-state index is 4.78. The highest BCUT2D eigenvalue weighted by molar-refractivity contribution is 5.86. The zero-order valence-electron chi connectivity index (χ0n) is 19.2. The molecule has 1 N–H and O–H groups in total. The van der Waals surface area contributed by atoms with E-state index in [4.69, 9.17) is 4.99 Å². The Balaban J connectivity index is 1.45.